The number of rotatable bonds is 4. The van der Waals surface area contributed by atoms with Crippen LogP contribution in [0.25, 0.3) is 0 Å². The molecule has 2 fully saturated rings. The molecule has 2 aliphatic rings. The van der Waals surface area contributed by atoms with E-state index in [1.54, 1.807) is 18.2 Å². The van der Waals surface area contributed by atoms with E-state index >= 15 is 0 Å². The Morgan fingerprint density at radius 1 is 0.914 bits per heavy atom. The van der Waals surface area contributed by atoms with Crippen molar-refractivity contribution in [3.05, 3.63) is 93.5 Å². The molecule has 0 spiro atoms. The molecule has 0 saturated carbocycles. The van der Waals surface area contributed by atoms with Crippen LogP contribution < -0.4 is 4.74 Å². The van der Waals surface area contributed by atoms with E-state index < -0.39 is 11.6 Å². The fourth-order valence-electron chi connectivity index (χ4n) is 5.01. The zero-order valence-electron chi connectivity index (χ0n) is 18.9. The maximum atomic E-state index is 13.5. The summed E-state index contributed by atoms with van der Waals surface area (Å²) >= 11 is 12.5. The van der Waals surface area contributed by atoms with Crippen molar-refractivity contribution in [3.63, 3.8) is 0 Å². The van der Waals surface area contributed by atoms with Gasteiger partial charge < -0.3 is 9.64 Å². The second kappa shape index (κ2) is 10.1. The topological polar surface area (TPSA) is 32.8 Å². The van der Waals surface area contributed by atoms with Crippen molar-refractivity contribution in [2.45, 2.75) is 24.8 Å². The highest BCUT2D eigenvalue weighted by Gasteiger charge is 2.35. The van der Waals surface area contributed by atoms with Gasteiger partial charge in [0.05, 0.1) is 10.6 Å². The molecular weight excluding hydrogens is 493 g/mol. The first-order chi connectivity index (χ1) is 16.9. The highest BCUT2D eigenvalue weighted by atomic mass is 35.5. The minimum atomic E-state index is -0.757. The summed E-state index contributed by atoms with van der Waals surface area (Å²) in [5.41, 5.74) is 1.61. The lowest BCUT2D eigenvalue weighted by molar-refractivity contribution is 0.0329. The molecule has 4 nitrogen and oxygen atoms in total. The van der Waals surface area contributed by atoms with Gasteiger partial charge in [-0.2, -0.15) is 0 Å². The zero-order chi connectivity index (χ0) is 24.5. The third kappa shape index (κ3) is 5.30. The van der Waals surface area contributed by atoms with Crippen LogP contribution >= 0.6 is 23.2 Å². The Kier molecular flexibility index (Phi) is 6.96. The van der Waals surface area contributed by atoms with Crippen molar-refractivity contribution < 1.29 is 18.3 Å². The summed E-state index contributed by atoms with van der Waals surface area (Å²) in [5, 5.41) is 0.863. The number of hydrogen-bond donors (Lipinski definition) is 0. The zero-order valence-corrected chi connectivity index (χ0v) is 20.4. The molecule has 2 saturated heterocycles. The minimum Gasteiger partial charge on any atom is -0.456 e. The third-order valence-electron chi connectivity index (χ3n) is 6.79. The number of piperidine rings is 1. The summed E-state index contributed by atoms with van der Waals surface area (Å²) in [6.45, 7) is 2.97. The Balaban J connectivity index is 1.26. The summed E-state index contributed by atoms with van der Waals surface area (Å²) < 4.78 is 32.7. The van der Waals surface area contributed by atoms with Crippen LogP contribution in [0.1, 0.15) is 34.7 Å². The summed E-state index contributed by atoms with van der Waals surface area (Å²) in [5.74, 6) is -1.09. The smallest absolute Gasteiger partial charge is 0.255 e. The molecule has 0 aliphatic carbocycles. The maximum absolute atomic E-state index is 13.5. The van der Waals surface area contributed by atoms with Crippen LogP contribution in [0.15, 0.2) is 60.7 Å². The number of halogens is 4. The molecule has 3 aromatic rings. The summed E-state index contributed by atoms with van der Waals surface area (Å²) in [4.78, 5) is 17.7. The number of benzene rings is 3. The standard InChI is InChI=1S/C27H24Cl2F2N2O2/c28-19-7-4-17(5-8-19)18-6-9-22-16-33(11-10-32(22)15-18)27(34)24-2-1-3-25(26(24)29)35-23-13-20(30)12-21(31)14-23/h1-5,7-8,12-14,18,22H,6,9-11,15-16H2/t18-,22?/m0/s1. The lowest BCUT2D eigenvalue weighted by Crippen LogP contribution is -2.57. The second-order valence-corrected chi connectivity index (χ2v) is 9.87. The molecule has 2 atom stereocenters. The number of carbonyl (C=O) groups is 1. The fraction of sp³-hybridized carbons (Fsp3) is 0.296. The van der Waals surface area contributed by atoms with Crippen molar-refractivity contribution in [2.75, 3.05) is 26.2 Å². The molecule has 5 rings (SSSR count). The van der Waals surface area contributed by atoms with Crippen LogP contribution in [0.2, 0.25) is 10.0 Å². The van der Waals surface area contributed by atoms with E-state index in [1.165, 1.54) is 5.56 Å². The van der Waals surface area contributed by atoms with Crippen molar-refractivity contribution in [3.8, 4) is 11.5 Å². The van der Waals surface area contributed by atoms with Crippen molar-refractivity contribution in [1.29, 1.82) is 0 Å². The van der Waals surface area contributed by atoms with Gasteiger partial charge in [0.2, 0.25) is 0 Å². The van der Waals surface area contributed by atoms with Gasteiger partial charge in [0.15, 0.2) is 0 Å². The summed E-state index contributed by atoms with van der Waals surface area (Å²) in [6, 6.07) is 16.1. The summed E-state index contributed by atoms with van der Waals surface area (Å²) in [6.07, 6.45) is 2.05. The normalized spacial score (nSPS) is 20.4. The van der Waals surface area contributed by atoms with Crippen LogP contribution in [0, 0.1) is 11.6 Å². The molecule has 2 heterocycles. The monoisotopic (exact) mass is 516 g/mol. The molecule has 3 aromatic carbocycles. The molecule has 0 aromatic heterocycles. The van der Waals surface area contributed by atoms with E-state index in [0.29, 0.717) is 30.6 Å². The molecule has 1 amide bonds. The van der Waals surface area contributed by atoms with E-state index in [9.17, 15) is 13.6 Å². The first kappa shape index (κ1) is 24.0. The Morgan fingerprint density at radius 2 is 1.66 bits per heavy atom. The van der Waals surface area contributed by atoms with E-state index in [-0.39, 0.29) is 22.4 Å². The van der Waals surface area contributed by atoms with Crippen molar-refractivity contribution in [1.82, 2.24) is 9.80 Å². The quantitative estimate of drug-likeness (QED) is 0.383. The fourth-order valence-corrected chi connectivity index (χ4v) is 5.38. The van der Waals surface area contributed by atoms with E-state index in [2.05, 4.69) is 17.0 Å². The van der Waals surface area contributed by atoms with Gasteiger partial charge in [-0.3, -0.25) is 9.69 Å². The molecule has 0 bridgehead atoms. The lowest BCUT2D eigenvalue weighted by Gasteiger charge is -2.46. The van der Waals surface area contributed by atoms with Crippen LogP contribution in [0.5, 0.6) is 11.5 Å². The number of amides is 1. The molecule has 35 heavy (non-hydrogen) atoms. The molecule has 182 valence electrons. The van der Waals surface area contributed by atoms with E-state index in [0.717, 1.165) is 49.2 Å². The Bertz CT molecular complexity index is 1220. The molecule has 1 unspecified atom stereocenters. The van der Waals surface area contributed by atoms with Crippen LogP contribution in [0.4, 0.5) is 8.78 Å². The van der Waals surface area contributed by atoms with Gasteiger partial charge >= 0.3 is 0 Å². The lowest BCUT2D eigenvalue weighted by atomic mass is 9.86. The summed E-state index contributed by atoms with van der Waals surface area (Å²) in [7, 11) is 0. The number of ether oxygens (including phenoxy) is 1. The van der Waals surface area contributed by atoms with Crippen LogP contribution in [0.3, 0.4) is 0 Å². The van der Waals surface area contributed by atoms with Crippen molar-refractivity contribution >= 4 is 29.1 Å². The average molecular weight is 517 g/mol. The molecule has 8 heteroatoms. The van der Waals surface area contributed by atoms with Gasteiger partial charge in [0, 0.05) is 55.4 Å². The first-order valence-corrected chi connectivity index (χ1v) is 12.3. The van der Waals surface area contributed by atoms with E-state index in [1.807, 2.05) is 17.0 Å². The predicted octanol–water partition coefficient (Wildman–Crippen LogP) is 6.77. The van der Waals surface area contributed by atoms with Gasteiger partial charge in [-0.1, -0.05) is 41.4 Å². The number of carbonyl (C=O) groups excluding carboxylic acids is 1. The number of fused-ring (bicyclic) bond motifs is 1. The van der Waals surface area contributed by atoms with Gasteiger partial charge in [-0.25, -0.2) is 8.78 Å². The largest absolute Gasteiger partial charge is 0.456 e. The van der Waals surface area contributed by atoms with E-state index in [4.69, 9.17) is 27.9 Å². The molecule has 0 N–H and O–H groups in total. The number of hydrogen-bond acceptors (Lipinski definition) is 3. The van der Waals surface area contributed by atoms with Gasteiger partial charge in [-0.05, 0) is 48.6 Å². The molecule has 2 aliphatic heterocycles. The number of nitrogens with zero attached hydrogens (tertiary/aromatic N) is 2. The van der Waals surface area contributed by atoms with Crippen molar-refractivity contribution in [2.24, 2.45) is 0 Å². The Morgan fingerprint density at radius 3 is 2.40 bits per heavy atom. The van der Waals surface area contributed by atoms with Gasteiger partial charge in [-0.15, -0.1) is 0 Å². The van der Waals surface area contributed by atoms with Gasteiger partial charge in [0.25, 0.3) is 5.91 Å². The number of piperazine rings is 1. The minimum absolute atomic E-state index is 0.0277. The molecular formula is C27H24Cl2F2N2O2. The predicted molar refractivity (Wildman–Crippen MR) is 133 cm³/mol. The van der Waals surface area contributed by atoms with Crippen LogP contribution in [-0.2, 0) is 0 Å². The second-order valence-electron chi connectivity index (χ2n) is 9.05. The Labute approximate surface area is 213 Å². The Hall–Kier alpha value is -2.67. The highest BCUT2D eigenvalue weighted by molar-refractivity contribution is 6.35. The van der Waals surface area contributed by atoms with Crippen LogP contribution in [-0.4, -0.2) is 47.9 Å². The third-order valence-corrected chi connectivity index (χ3v) is 7.44. The average Bonchev–Trinajstić information content (AvgIpc) is 2.84. The first-order valence-electron chi connectivity index (χ1n) is 11.6. The SMILES string of the molecule is O=C(c1cccc(Oc2cc(F)cc(F)c2)c1Cl)N1CCN2C[C@@H](c3ccc(Cl)cc3)CCC2C1. The highest BCUT2D eigenvalue weighted by Crippen LogP contribution is 2.35. The molecule has 0 radical (unpaired) electrons. The van der Waals surface area contributed by atoms with Gasteiger partial charge in [0.1, 0.15) is 23.1 Å². The maximum Gasteiger partial charge on any atom is 0.255 e.